The SMILES string of the molecule is CCOc1ccccc1-n1nnnc1SCC(=O)NCc1ccc(N2CCCC2=O)cc1. The number of thioether (sulfide) groups is 1. The van der Waals surface area contributed by atoms with Gasteiger partial charge in [-0.1, -0.05) is 36.0 Å². The molecule has 4 rings (SSSR count). The summed E-state index contributed by atoms with van der Waals surface area (Å²) in [7, 11) is 0. The summed E-state index contributed by atoms with van der Waals surface area (Å²) in [5, 5.41) is 15.2. The van der Waals surface area contributed by atoms with Crippen LogP contribution >= 0.6 is 11.8 Å². The number of nitrogens with zero attached hydrogens (tertiary/aromatic N) is 5. The van der Waals surface area contributed by atoms with Crippen LogP contribution in [0, 0.1) is 0 Å². The van der Waals surface area contributed by atoms with Gasteiger partial charge in [0.15, 0.2) is 0 Å². The smallest absolute Gasteiger partial charge is 0.230 e. The van der Waals surface area contributed by atoms with Crippen molar-refractivity contribution in [3.05, 3.63) is 54.1 Å². The van der Waals surface area contributed by atoms with Gasteiger partial charge in [-0.2, -0.15) is 4.68 Å². The molecule has 0 unspecified atom stereocenters. The van der Waals surface area contributed by atoms with Crippen molar-refractivity contribution in [2.24, 2.45) is 0 Å². The highest BCUT2D eigenvalue weighted by atomic mass is 32.2. The lowest BCUT2D eigenvalue weighted by molar-refractivity contribution is -0.119. The predicted molar refractivity (Wildman–Crippen MR) is 121 cm³/mol. The van der Waals surface area contributed by atoms with Gasteiger partial charge in [-0.15, -0.1) is 5.10 Å². The van der Waals surface area contributed by atoms with Crippen LogP contribution < -0.4 is 15.0 Å². The maximum atomic E-state index is 12.4. The molecule has 0 radical (unpaired) electrons. The van der Waals surface area contributed by atoms with E-state index in [4.69, 9.17) is 4.74 Å². The number of anilines is 1. The molecule has 1 aliphatic rings. The summed E-state index contributed by atoms with van der Waals surface area (Å²) in [4.78, 5) is 26.0. The van der Waals surface area contributed by atoms with Crippen molar-refractivity contribution in [3.63, 3.8) is 0 Å². The lowest BCUT2D eigenvalue weighted by atomic mass is 10.2. The summed E-state index contributed by atoms with van der Waals surface area (Å²) in [5.41, 5.74) is 2.59. The number of amides is 2. The number of hydrogen-bond donors (Lipinski definition) is 1. The number of nitrogens with one attached hydrogen (secondary N) is 1. The van der Waals surface area contributed by atoms with Gasteiger partial charge in [0, 0.05) is 25.2 Å². The van der Waals surface area contributed by atoms with Gasteiger partial charge >= 0.3 is 0 Å². The second-order valence-corrected chi connectivity index (χ2v) is 8.10. The first-order valence-electron chi connectivity index (χ1n) is 10.4. The van der Waals surface area contributed by atoms with Crippen LogP contribution in [-0.4, -0.2) is 50.9 Å². The Morgan fingerprint density at radius 1 is 1.19 bits per heavy atom. The number of carbonyl (C=O) groups is 2. The maximum absolute atomic E-state index is 12.4. The molecule has 0 bridgehead atoms. The Bertz CT molecular complexity index is 1090. The first-order chi connectivity index (χ1) is 15.7. The minimum absolute atomic E-state index is 0.124. The molecular formula is C22H24N6O3S. The van der Waals surface area contributed by atoms with Crippen molar-refractivity contribution in [1.82, 2.24) is 25.5 Å². The zero-order chi connectivity index (χ0) is 22.3. The van der Waals surface area contributed by atoms with Crippen molar-refractivity contribution >= 4 is 29.3 Å². The zero-order valence-corrected chi connectivity index (χ0v) is 18.5. The number of tetrazole rings is 1. The molecule has 1 fully saturated rings. The predicted octanol–water partition coefficient (Wildman–Crippen LogP) is 2.60. The monoisotopic (exact) mass is 452 g/mol. The van der Waals surface area contributed by atoms with E-state index in [2.05, 4.69) is 20.8 Å². The highest BCUT2D eigenvalue weighted by molar-refractivity contribution is 7.99. The fourth-order valence-corrected chi connectivity index (χ4v) is 4.14. The van der Waals surface area contributed by atoms with E-state index in [9.17, 15) is 9.59 Å². The zero-order valence-electron chi connectivity index (χ0n) is 17.7. The van der Waals surface area contributed by atoms with Gasteiger partial charge in [0.25, 0.3) is 0 Å². The quantitative estimate of drug-likeness (QED) is 0.498. The summed E-state index contributed by atoms with van der Waals surface area (Å²) >= 11 is 1.25. The highest BCUT2D eigenvalue weighted by Crippen LogP contribution is 2.26. The molecule has 1 saturated heterocycles. The van der Waals surface area contributed by atoms with E-state index < -0.39 is 0 Å². The van der Waals surface area contributed by atoms with Gasteiger partial charge in [0.1, 0.15) is 11.4 Å². The van der Waals surface area contributed by atoms with E-state index in [1.807, 2.05) is 55.5 Å². The third kappa shape index (κ3) is 5.08. The van der Waals surface area contributed by atoms with Crippen LogP contribution in [0.4, 0.5) is 5.69 Å². The third-order valence-electron chi connectivity index (χ3n) is 4.98. The van der Waals surface area contributed by atoms with Gasteiger partial charge in [-0.05, 0) is 53.6 Å². The molecule has 0 atom stereocenters. The Balaban J connectivity index is 1.31. The Hall–Kier alpha value is -3.40. The number of aromatic nitrogens is 4. The summed E-state index contributed by atoms with van der Waals surface area (Å²) in [5.74, 6) is 0.890. The molecule has 9 nitrogen and oxygen atoms in total. The van der Waals surface area contributed by atoms with Gasteiger partial charge in [-0.3, -0.25) is 9.59 Å². The van der Waals surface area contributed by atoms with Gasteiger partial charge < -0.3 is 15.0 Å². The summed E-state index contributed by atoms with van der Waals surface area (Å²) < 4.78 is 7.22. The molecule has 0 spiro atoms. The Kier molecular flexibility index (Phi) is 7.00. The number of carbonyl (C=O) groups excluding carboxylic acids is 2. The molecular weight excluding hydrogens is 428 g/mol. The minimum Gasteiger partial charge on any atom is -0.492 e. The number of benzene rings is 2. The van der Waals surface area contributed by atoms with Gasteiger partial charge in [-0.25, -0.2) is 0 Å². The molecule has 0 aliphatic carbocycles. The topological polar surface area (TPSA) is 102 Å². The molecule has 10 heteroatoms. The molecule has 166 valence electrons. The van der Waals surface area contributed by atoms with Crippen LogP contribution in [-0.2, 0) is 16.1 Å². The molecule has 1 N–H and O–H groups in total. The van der Waals surface area contributed by atoms with E-state index in [0.29, 0.717) is 30.5 Å². The summed E-state index contributed by atoms with van der Waals surface area (Å²) in [6.07, 6.45) is 1.50. The molecule has 2 aromatic carbocycles. The fraction of sp³-hybridized carbons (Fsp3) is 0.318. The number of para-hydroxylation sites is 2. The largest absolute Gasteiger partial charge is 0.492 e. The first-order valence-corrected chi connectivity index (χ1v) is 11.4. The van der Waals surface area contributed by atoms with Crippen LogP contribution in [0.1, 0.15) is 25.3 Å². The second-order valence-electron chi connectivity index (χ2n) is 7.15. The van der Waals surface area contributed by atoms with Crippen molar-refractivity contribution in [3.8, 4) is 11.4 Å². The van der Waals surface area contributed by atoms with E-state index >= 15 is 0 Å². The summed E-state index contributed by atoms with van der Waals surface area (Å²) in [6.45, 7) is 3.61. The van der Waals surface area contributed by atoms with Crippen LogP contribution in [0.3, 0.4) is 0 Å². The molecule has 32 heavy (non-hydrogen) atoms. The number of rotatable bonds is 9. The van der Waals surface area contributed by atoms with Crippen LogP contribution in [0.15, 0.2) is 53.7 Å². The number of ether oxygens (including phenoxy) is 1. The average molecular weight is 453 g/mol. The van der Waals surface area contributed by atoms with E-state index in [0.717, 1.165) is 29.9 Å². The van der Waals surface area contributed by atoms with E-state index in [-0.39, 0.29) is 17.6 Å². The second kappa shape index (κ2) is 10.3. The van der Waals surface area contributed by atoms with Crippen LogP contribution in [0.2, 0.25) is 0 Å². The molecule has 1 aliphatic heterocycles. The highest BCUT2D eigenvalue weighted by Gasteiger charge is 2.21. The minimum atomic E-state index is -0.124. The lowest BCUT2D eigenvalue weighted by Gasteiger charge is -2.16. The van der Waals surface area contributed by atoms with Gasteiger partial charge in [0.2, 0.25) is 17.0 Å². The normalized spacial score (nSPS) is 13.4. The third-order valence-corrected chi connectivity index (χ3v) is 5.90. The molecule has 1 aromatic heterocycles. The van der Waals surface area contributed by atoms with Crippen molar-refractivity contribution in [2.45, 2.75) is 31.5 Å². The van der Waals surface area contributed by atoms with Crippen molar-refractivity contribution in [1.29, 1.82) is 0 Å². The molecule has 0 saturated carbocycles. The standard InChI is InChI=1S/C22H24N6O3S/c1-2-31-19-7-4-3-6-18(19)28-22(24-25-26-28)32-15-20(29)23-14-16-9-11-17(12-10-16)27-13-5-8-21(27)30/h3-4,6-7,9-12H,2,5,8,13-15H2,1H3,(H,23,29). The van der Waals surface area contributed by atoms with E-state index in [1.165, 1.54) is 11.8 Å². The molecule has 3 aromatic rings. The van der Waals surface area contributed by atoms with Crippen LogP contribution in [0.5, 0.6) is 5.75 Å². The van der Waals surface area contributed by atoms with Crippen molar-refractivity contribution < 1.29 is 14.3 Å². The van der Waals surface area contributed by atoms with E-state index in [1.54, 1.807) is 9.58 Å². The Morgan fingerprint density at radius 3 is 2.75 bits per heavy atom. The maximum Gasteiger partial charge on any atom is 0.230 e. The number of hydrogen-bond acceptors (Lipinski definition) is 7. The van der Waals surface area contributed by atoms with Gasteiger partial charge in [0.05, 0.1) is 12.4 Å². The average Bonchev–Trinajstić information content (AvgIpc) is 3.46. The summed E-state index contributed by atoms with van der Waals surface area (Å²) in [6, 6.07) is 15.2. The Morgan fingerprint density at radius 2 is 2.00 bits per heavy atom. The molecule has 2 heterocycles. The van der Waals surface area contributed by atoms with Crippen molar-refractivity contribution in [2.75, 3.05) is 23.8 Å². The fourth-order valence-electron chi connectivity index (χ4n) is 3.43. The lowest BCUT2D eigenvalue weighted by Crippen LogP contribution is -2.25. The Labute approximate surface area is 190 Å². The first kappa shape index (κ1) is 21.8. The van der Waals surface area contributed by atoms with Crippen LogP contribution in [0.25, 0.3) is 5.69 Å². The molecule has 2 amide bonds.